The molecule has 20 heavy (non-hydrogen) atoms. The van der Waals surface area contributed by atoms with Crippen molar-refractivity contribution in [1.82, 2.24) is 4.90 Å². The summed E-state index contributed by atoms with van der Waals surface area (Å²) < 4.78 is 10.9. The third-order valence-electron chi connectivity index (χ3n) is 3.11. The maximum atomic E-state index is 11.8. The minimum atomic E-state index is -0.0273. The van der Waals surface area contributed by atoms with Gasteiger partial charge in [-0.15, -0.1) is 11.8 Å². The van der Waals surface area contributed by atoms with E-state index in [9.17, 15) is 4.79 Å². The van der Waals surface area contributed by atoms with Gasteiger partial charge in [-0.2, -0.15) is 0 Å². The Hall–Kier alpha value is -1.62. The van der Waals surface area contributed by atoms with Crippen LogP contribution in [0.4, 0.5) is 0 Å². The fraction of sp³-hybridized carbons (Fsp3) is 0.400. The van der Waals surface area contributed by atoms with E-state index in [1.165, 1.54) is 6.08 Å². The van der Waals surface area contributed by atoms with E-state index in [4.69, 9.17) is 9.47 Å². The van der Waals surface area contributed by atoms with Crippen LogP contribution in [-0.2, 0) is 4.79 Å². The molecule has 0 aromatic heterocycles. The van der Waals surface area contributed by atoms with Gasteiger partial charge in [-0.3, -0.25) is 4.79 Å². The summed E-state index contributed by atoms with van der Waals surface area (Å²) in [6.45, 7) is 4.81. The molecule has 4 nitrogen and oxygen atoms in total. The van der Waals surface area contributed by atoms with E-state index in [-0.39, 0.29) is 11.3 Å². The van der Waals surface area contributed by atoms with Crippen LogP contribution >= 0.6 is 11.8 Å². The number of benzene rings is 1. The highest BCUT2D eigenvalue weighted by atomic mass is 32.2. The minimum absolute atomic E-state index is 0.0273. The van der Waals surface area contributed by atoms with Crippen molar-refractivity contribution in [3.8, 4) is 11.5 Å². The molecule has 1 aliphatic rings. The van der Waals surface area contributed by atoms with E-state index in [0.29, 0.717) is 6.61 Å². The van der Waals surface area contributed by atoms with Crippen molar-refractivity contribution >= 4 is 17.7 Å². The highest BCUT2D eigenvalue weighted by molar-refractivity contribution is 7.99. The van der Waals surface area contributed by atoms with Gasteiger partial charge < -0.3 is 14.4 Å². The van der Waals surface area contributed by atoms with Gasteiger partial charge in [0.1, 0.15) is 23.5 Å². The van der Waals surface area contributed by atoms with Gasteiger partial charge in [0.2, 0.25) is 5.91 Å². The minimum Gasteiger partial charge on any atom is -0.497 e. The van der Waals surface area contributed by atoms with Crippen molar-refractivity contribution in [2.45, 2.75) is 11.8 Å². The lowest BCUT2D eigenvalue weighted by Gasteiger charge is -2.34. The molecular formula is C15H19NO3S. The van der Waals surface area contributed by atoms with E-state index < -0.39 is 0 Å². The van der Waals surface area contributed by atoms with Crippen LogP contribution in [-0.4, -0.2) is 42.2 Å². The molecule has 0 aliphatic carbocycles. The van der Waals surface area contributed by atoms with Gasteiger partial charge in [0.25, 0.3) is 0 Å². The van der Waals surface area contributed by atoms with Crippen LogP contribution in [0.3, 0.4) is 0 Å². The molecule has 1 aliphatic heterocycles. The highest BCUT2D eigenvalue weighted by Gasteiger charge is 2.26. The van der Waals surface area contributed by atoms with Crippen molar-refractivity contribution in [3.05, 3.63) is 36.9 Å². The number of thioether (sulfide) groups is 1. The molecule has 1 unspecified atom stereocenters. The Balaban J connectivity index is 1.93. The smallest absolute Gasteiger partial charge is 0.246 e. The Morgan fingerprint density at radius 2 is 2.15 bits per heavy atom. The zero-order valence-electron chi connectivity index (χ0n) is 11.6. The maximum Gasteiger partial charge on any atom is 0.246 e. The van der Waals surface area contributed by atoms with Crippen molar-refractivity contribution in [2.75, 3.05) is 26.0 Å². The van der Waals surface area contributed by atoms with Crippen LogP contribution in [0.25, 0.3) is 0 Å². The first-order valence-electron chi connectivity index (χ1n) is 6.56. The number of hydrogen-bond donors (Lipinski definition) is 0. The number of hydrogen-bond acceptors (Lipinski definition) is 4. The predicted molar refractivity (Wildman–Crippen MR) is 81.3 cm³/mol. The molecule has 2 rings (SSSR count). The molecule has 0 N–H and O–H groups in total. The standard InChI is InChI=1S/C15H19NO3S/c1-3-14(17)16-9-4-10-20-15(16)11-19-13-7-5-12(18-2)6-8-13/h3,5-8,15H,1,4,9-11H2,2H3. The lowest BCUT2D eigenvalue weighted by Crippen LogP contribution is -2.44. The SMILES string of the molecule is C=CC(=O)N1CCCSC1COc1ccc(OC)cc1. The summed E-state index contributed by atoms with van der Waals surface area (Å²) in [6.07, 6.45) is 2.38. The number of carbonyl (C=O) groups excluding carboxylic acids is 1. The van der Waals surface area contributed by atoms with Crippen molar-refractivity contribution < 1.29 is 14.3 Å². The number of nitrogens with zero attached hydrogens (tertiary/aromatic N) is 1. The van der Waals surface area contributed by atoms with Crippen LogP contribution in [0.2, 0.25) is 0 Å². The first kappa shape index (κ1) is 14.8. The molecule has 0 saturated carbocycles. The topological polar surface area (TPSA) is 38.8 Å². The summed E-state index contributed by atoms with van der Waals surface area (Å²) in [4.78, 5) is 13.6. The van der Waals surface area contributed by atoms with Gasteiger partial charge >= 0.3 is 0 Å². The average Bonchev–Trinajstić information content (AvgIpc) is 2.53. The zero-order valence-corrected chi connectivity index (χ0v) is 12.4. The van der Waals surface area contributed by atoms with Gasteiger partial charge in [-0.25, -0.2) is 0 Å². The fourth-order valence-electron chi connectivity index (χ4n) is 2.04. The summed E-state index contributed by atoms with van der Waals surface area (Å²) in [5.74, 6) is 2.61. The van der Waals surface area contributed by atoms with E-state index >= 15 is 0 Å². The van der Waals surface area contributed by atoms with Gasteiger partial charge in [0.15, 0.2) is 0 Å². The molecule has 1 amide bonds. The normalized spacial score (nSPS) is 18.4. The molecular weight excluding hydrogens is 274 g/mol. The molecule has 0 bridgehead atoms. The number of rotatable bonds is 5. The monoisotopic (exact) mass is 293 g/mol. The number of amides is 1. The van der Waals surface area contributed by atoms with Crippen molar-refractivity contribution in [1.29, 1.82) is 0 Å². The number of methoxy groups -OCH3 is 1. The third-order valence-corrected chi connectivity index (χ3v) is 4.41. The number of ether oxygens (including phenoxy) is 2. The van der Waals surface area contributed by atoms with Gasteiger partial charge in [-0.1, -0.05) is 6.58 Å². The summed E-state index contributed by atoms with van der Waals surface area (Å²) >= 11 is 1.75. The second-order valence-corrected chi connectivity index (χ2v) is 5.69. The second kappa shape index (κ2) is 7.24. The first-order chi connectivity index (χ1) is 9.74. The molecule has 1 saturated heterocycles. The molecule has 1 aromatic rings. The lowest BCUT2D eigenvalue weighted by molar-refractivity contribution is -0.127. The highest BCUT2D eigenvalue weighted by Crippen LogP contribution is 2.25. The van der Waals surface area contributed by atoms with Crippen LogP contribution in [0, 0.1) is 0 Å². The quantitative estimate of drug-likeness (QED) is 0.782. The van der Waals surface area contributed by atoms with Crippen LogP contribution in [0.5, 0.6) is 11.5 Å². The van der Waals surface area contributed by atoms with Crippen molar-refractivity contribution in [2.24, 2.45) is 0 Å². The Morgan fingerprint density at radius 1 is 1.45 bits per heavy atom. The van der Waals surface area contributed by atoms with Gasteiger partial charge in [0, 0.05) is 6.54 Å². The summed E-state index contributed by atoms with van der Waals surface area (Å²) in [6, 6.07) is 7.45. The molecule has 0 spiro atoms. The predicted octanol–water partition coefficient (Wildman–Crippen LogP) is 2.55. The van der Waals surface area contributed by atoms with E-state index in [1.54, 1.807) is 18.9 Å². The van der Waals surface area contributed by atoms with Crippen LogP contribution < -0.4 is 9.47 Å². The molecule has 1 heterocycles. The third kappa shape index (κ3) is 3.70. The van der Waals surface area contributed by atoms with E-state index in [0.717, 1.165) is 30.2 Å². The van der Waals surface area contributed by atoms with Gasteiger partial charge in [-0.05, 0) is 42.5 Å². The lowest BCUT2D eigenvalue weighted by atomic mass is 10.3. The average molecular weight is 293 g/mol. The number of carbonyl (C=O) groups is 1. The van der Waals surface area contributed by atoms with Crippen molar-refractivity contribution in [3.63, 3.8) is 0 Å². The molecule has 0 radical (unpaired) electrons. The first-order valence-corrected chi connectivity index (χ1v) is 7.61. The molecule has 5 heteroatoms. The Kier molecular flexibility index (Phi) is 5.35. The second-order valence-electron chi connectivity index (χ2n) is 4.40. The van der Waals surface area contributed by atoms with Gasteiger partial charge in [0.05, 0.1) is 7.11 Å². The van der Waals surface area contributed by atoms with E-state index in [1.807, 2.05) is 29.2 Å². The molecule has 108 valence electrons. The Bertz CT molecular complexity index is 461. The molecule has 1 fully saturated rings. The maximum absolute atomic E-state index is 11.8. The van der Waals surface area contributed by atoms with Crippen LogP contribution in [0.15, 0.2) is 36.9 Å². The fourth-order valence-corrected chi connectivity index (χ4v) is 3.16. The molecule has 1 atom stereocenters. The molecule has 1 aromatic carbocycles. The van der Waals surface area contributed by atoms with Crippen LogP contribution in [0.1, 0.15) is 6.42 Å². The Morgan fingerprint density at radius 3 is 2.80 bits per heavy atom. The Labute approximate surface area is 123 Å². The largest absolute Gasteiger partial charge is 0.497 e. The van der Waals surface area contributed by atoms with E-state index in [2.05, 4.69) is 6.58 Å². The summed E-state index contributed by atoms with van der Waals surface area (Å²) in [7, 11) is 1.63. The summed E-state index contributed by atoms with van der Waals surface area (Å²) in [5, 5.41) is 0.0522. The summed E-state index contributed by atoms with van der Waals surface area (Å²) in [5.41, 5.74) is 0. The zero-order chi connectivity index (χ0) is 14.4.